The molecular formula is C7H20O8S2. The van der Waals surface area contributed by atoms with E-state index in [4.69, 9.17) is 19.3 Å². The summed E-state index contributed by atoms with van der Waals surface area (Å²) in [5.74, 6) is -0.403. The van der Waals surface area contributed by atoms with Crippen LogP contribution < -0.4 is 0 Å². The van der Waals surface area contributed by atoms with Gasteiger partial charge in [0.2, 0.25) is 0 Å². The molecule has 17 heavy (non-hydrogen) atoms. The maximum absolute atomic E-state index is 9.56. The molecule has 0 amide bonds. The highest BCUT2D eigenvalue weighted by atomic mass is 32.2. The Kier molecular flexibility index (Phi) is 14.0. The molecule has 0 bridgehead atoms. The van der Waals surface area contributed by atoms with Crippen molar-refractivity contribution in [3.05, 3.63) is 0 Å². The van der Waals surface area contributed by atoms with Crippen LogP contribution in [0.3, 0.4) is 0 Å². The van der Waals surface area contributed by atoms with Gasteiger partial charge in [-0.15, -0.1) is 0 Å². The summed E-state index contributed by atoms with van der Waals surface area (Å²) >= 11 is 0. The molecule has 0 spiro atoms. The molecular weight excluding hydrogens is 276 g/mol. The van der Waals surface area contributed by atoms with Crippen LogP contribution in [0.2, 0.25) is 0 Å². The molecule has 0 rings (SSSR count). The zero-order valence-electron chi connectivity index (χ0n) is 9.94. The van der Waals surface area contributed by atoms with Gasteiger partial charge < -0.3 is 10.2 Å². The van der Waals surface area contributed by atoms with Crippen LogP contribution in [0, 0.1) is 0 Å². The van der Waals surface area contributed by atoms with Crippen molar-refractivity contribution in [3.8, 4) is 0 Å². The van der Waals surface area contributed by atoms with E-state index >= 15 is 0 Å². The van der Waals surface area contributed by atoms with Gasteiger partial charge in [-0.25, -0.2) is 0 Å². The smallest absolute Gasteiger partial charge is 0.264 e. The molecule has 0 heterocycles. The quantitative estimate of drug-likeness (QED) is 0.492. The molecule has 0 saturated carbocycles. The normalized spacial score (nSPS) is 12.6. The molecule has 8 nitrogen and oxygen atoms in total. The summed E-state index contributed by atoms with van der Waals surface area (Å²) in [5.41, 5.74) is 0. The predicted molar refractivity (Wildman–Crippen MR) is 62.9 cm³/mol. The summed E-state index contributed by atoms with van der Waals surface area (Å²) in [6.07, 6.45) is -0.560. The lowest BCUT2D eigenvalue weighted by atomic mass is 10.5. The average Bonchev–Trinajstić information content (AvgIpc) is 2.17. The van der Waals surface area contributed by atoms with Gasteiger partial charge in [-0.05, 0) is 20.8 Å². The molecule has 10 heteroatoms. The van der Waals surface area contributed by atoms with Crippen LogP contribution in [0.1, 0.15) is 20.8 Å². The second-order valence-corrected chi connectivity index (χ2v) is 6.26. The van der Waals surface area contributed by atoms with Crippen molar-refractivity contribution in [3.63, 3.8) is 0 Å². The third kappa shape index (κ3) is 49.6. The molecule has 0 aliphatic rings. The SMILES string of the molecule is CC(O)CO.CCS(=O)(=O)O.CCS(=O)(=O)O. The molecule has 108 valence electrons. The highest BCUT2D eigenvalue weighted by Gasteiger charge is 1.93. The Hall–Kier alpha value is -0.260. The van der Waals surface area contributed by atoms with Crippen molar-refractivity contribution in [2.45, 2.75) is 26.9 Å². The first kappa shape index (κ1) is 22.0. The van der Waals surface area contributed by atoms with Gasteiger partial charge in [-0.1, -0.05) is 0 Å². The summed E-state index contributed by atoms with van der Waals surface area (Å²) in [6, 6.07) is 0. The van der Waals surface area contributed by atoms with E-state index in [9.17, 15) is 16.8 Å². The second-order valence-electron chi connectivity index (χ2n) is 2.77. The van der Waals surface area contributed by atoms with E-state index in [2.05, 4.69) is 0 Å². The van der Waals surface area contributed by atoms with Gasteiger partial charge in [0.25, 0.3) is 20.2 Å². The Morgan fingerprint density at radius 3 is 1.06 bits per heavy atom. The summed E-state index contributed by atoms with van der Waals surface area (Å²) < 4.78 is 53.8. The topological polar surface area (TPSA) is 149 Å². The fourth-order valence-corrected chi connectivity index (χ4v) is 0. The number of rotatable bonds is 3. The standard InChI is InChI=1S/C3H8O2.2C2H6O3S/c1-3(5)2-4;2*1-2-6(3,4)5/h3-5H,2H2,1H3;2*2H2,1H3,(H,3,4,5). The van der Waals surface area contributed by atoms with Gasteiger partial charge in [0.1, 0.15) is 0 Å². The van der Waals surface area contributed by atoms with Crippen molar-refractivity contribution in [1.29, 1.82) is 0 Å². The first-order chi connectivity index (χ1) is 7.39. The highest BCUT2D eigenvalue weighted by molar-refractivity contribution is 7.85. The van der Waals surface area contributed by atoms with E-state index in [-0.39, 0.29) is 18.1 Å². The molecule has 0 saturated heterocycles. The van der Waals surface area contributed by atoms with Gasteiger partial charge in [0.05, 0.1) is 24.2 Å². The lowest BCUT2D eigenvalue weighted by Crippen LogP contribution is -2.03. The van der Waals surface area contributed by atoms with Crippen LogP contribution in [-0.2, 0) is 20.2 Å². The predicted octanol–water partition coefficient (Wildman–Crippen LogP) is -0.852. The molecule has 4 N–H and O–H groups in total. The van der Waals surface area contributed by atoms with Gasteiger partial charge >= 0.3 is 0 Å². The van der Waals surface area contributed by atoms with Gasteiger partial charge in [0, 0.05) is 0 Å². The van der Waals surface area contributed by atoms with Gasteiger partial charge in [-0.2, -0.15) is 16.8 Å². The molecule has 0 fully saturated rings. The largest absolute Gasteiger partial charge is 0.394 e. The van der Waals surface area contributed by atoms with Crippen molar-refractivity contribution in [2.24, 2.45) is 0 Å². The Morgan fingerprint density at radius 1 is 0.941 bits per heavy atom. The summed E-state index contributed by atoms with van der Waals surface area (Å²) in [7, 11) is -7.32. The maximum Gasteiger partial charge on any atom is 0.264 e. The molecule has 0 aromatic carbocycles. The van der Waals surface area contributed by atoms with Crippen LogP contribution in [0.25, 0.3) is 0 Å². The third-order valence-corrected chi connectivity index (χ3v) is 2.45. The lowest BCUT2D eigenvalue weighted by molar-refractivity contribution is 0.110. The third-order valence-electron chi connectivity index (χ3n) is 0.994. The number of aliphatic hydroxyl groups is 2. The van der Waals surface area contributed by atoms with Gasteiger partial charge in [-0.3, -0.25) is 9.11 Å². The van der Waals surface area contributed by atoms with E-state index in [0.29, 0.717) is 0 Å². The van der Waals surface area contributed by atoms with Crippen LogP contribution in [0.4, 0.5) is 0 Å². The number of hydrogen-bond donors (Lipinski definition) is 4. The van der Waals surface area contributed by atoms with Crippen molar-refractivity contribution >= 4 is 20.2 Å². The zero-order valence-corrected chi connectivity index (χ0v) is 11.6. The second kappa shape index (κ2) is 10.9. The fourth-order valence-electron chi connectivity index (χ4n) is 0. The van der Waals surface area contributed by atoms with E-state index in [1.807, 2.05) is 0 Å². The summed E-state index contributed by atoms with van der Waals surface area (Å²) in [6.45, 7) is 4.13. The van der Waals surface area contributed by atoms with E-state index in [1.165, 1.54) is 20.8 Å². The molecule has 1 unspecified atom stereocenters. The Balaban J connectivity index is -0.000000174. The van der Waals surface area contributed by atoms with Crippen molar-refractivity contribution < 1.29 is 36.2 Å². The lowest BCUT2D eigenvalue weighted by Gasteiger charge is -1.90. The minimum absolute atomic E-state index is 0.139. The molecule has 0 aromatic rings. The molecule has 0 radical (unpaired) electrons. The minimum atomic E-state index is -3.66. The number of hydrogen-bond acceptors (Lipinski definition) is 6. The van der Waals surface area contributed by atoms with E-state index in [0.717, 1.165) is 0 Å². The van der Waals surface area contributed by atoms with Crippen molar-refractivity contribution in [2.75, 3.05) is 18.1 Å². The van der Waals surface area contributed by atoms with Crippen LogP contribution in [0.5, 0.6) is 0 Å². The average molecular weight is 296 g/mol. The Morgan fingerprint density at radius 2 is 1.06 bits per heavy atom. The molecule has 1 atom stereocenters. The van der Waals surface area contributed by atoms with Gasteiger partial charge in [0.15, 0.2) is 0 Å². The highest BCUT2D eigenvalue weighted by Crippen LogP contribution is 1.74. The van der Waals surface area contributed by atoms with Crippen LogP contribution in [-0.4, -0.2) is 60.4 Å². The fraction of sp³-hybridized carbons (Fsp3) is 1.00. The van der Waals surface area contributed by atoms with Crippen LogP contribution in [0.15, 0.2) is 0 Å². The monoisotopic (exact) mass is 296 g/mol. The zero-order chi connectivity index (χ0) is 14.7. The van der Waals surface area contributed by atoms with E-state index < -0.39 is 26.3 Å². The van der Waals surface area contributed by atoms with Crippen molar-refractivity contribution in [1.82, 2.24) is 0 Å². The Bertz CT molecular complexity index is 310. The maximum atomic E-state index is 9.56. The molecule has 0 aromatic heterocycles. The first-order valence-electron chi connectivity index (χ1n) is 4.58. The van der Waals surface area contributed by atoms with Crippen LogP contribution >= 0.6 is 0 Å². The molecule has 0 aliphatic heterocycles. The molecule has 0 aliphatic carbocycles. The Labute approximate surface area is 102 Å². The minimum Gasteiger partial charge on any atom is -0.394 e. The van der Waals surface area contributed by atoms with E-state index in [1.54, 1.807) is 0 Å². The first-order valence-corrected chi connectivity index (χ1v) is 7.80. The number of aliphatic hydroxyl groups excluding tert-OH is 2. The summed E-state index contributed by atoms with van der Waals surface area (Å²) in [4.78, 5) is 0. The summed E-state index contributed by atoms with van der Waals surface area (Å²) in [5, 5.41) is 16.0.